The lowest BCUT2D eigenvalue weighted by molar-refractivity contribution is -0.171. The molecule has 6 atom stereocenters. The van der Waals surface area contributed by atoms with E-state index in [0.717, 1.165) is 54.8 Å². The molecule has 3 heterocycles. The second-order valence-corrected chi connectivity index (χ2v) is 13.3. The number of carbonyl (C=O) groups excluding carboxylic acids is 1. The van der Waals surface area contributed by atoms with E-state index in [2.05, 4.69) is 40.1 Å². The molecule has 40 heavy (non-hydrogen) atoms. The number of fused-ring (bicyclic) bond motifs is 1. The lowest BCUT2D eigenvalue weighted by atomic mass is 9.46. The van der Waals surface area contributed by atoms with Gasteiger partial charge >= 0.3 is 0 Å². The Labute approximate surface area is 235 Å². The van der Waals surface area contributed by atoms with E-state index in [1.54, 1.807) is 0 Å². The third-order valence-electron chi connectivity index (χ3n) is 11.5. The molecule has 1 N–H and O–H groups in total. The minimum absolute atomic E-state index is 0.0389. The first-order valence-corrected chi connectivity index (χ1v) is 15.3. The highest BCUT2D eigenvalue weighted by molar-refractivity contribution is 6.01. The number of amides is 1. The molecule has 2 saturated carbocycles. The maximum Gasteiger partial charge on any atom is 0.254 e. The van der Waals surface area contributed by atoms with Crippen LogP contribution in [0, 0.1) is 11.8 Å². The zero-order chi connectivity index (χ0) is 26.6. The van der Waals surface area contributed by atoms with Gasteiger partial charge in [-0.25, -0.2) is 0 Å². The van der Waals surface area contributed by atoms with Gasteiger partial charge in [-0.1, -0.05) is 54.6 Å². The predicted octanol–water partition coefficient (Wildman–Crippen LogP) is 5.41. The first kappa shape index (κ1) is 23.5. The Morgan fingerprint density at radius 2 is 1.80 bits per heavy atom. The van der Waals surface area contributed by atoms with Gasteiger partial charge in [-0.3, -0.25) is 9.69 Å². The van der Waals surface area contributed by atoms with Crippen LogP contribution >= 0.6 is 0 Å². The summed E-state index contributed by atoms with van der Waals surface area (Å²) in [6, 6.07) is 25.0. The summed E-state index contributed by atoms with van der Waals surface area (Å²) in [5.74, 6) is 1.59. The molecule has 3 aliphatic carbocycles. The van der Waals surface area contributed by atoms with Crippen molar-refractivity contribution in [3.63, 3.8) is 0 Å². The number of ether oxygens (including phenoxy) is 1. The highest BCUT2D eigenvalue weighted by Gasteiger charge is 2.78. The summed E-state index contributed by atoms with van der Waals surface area (Å²) in [7, 11) is 0. The van der Waals surface area contributed by atoms with Gasteiger partial charge in [-0.05, 0) is 91.4 Å². The van der Waals surface area contributed by atoms with E-state index in [1.165, 1.54) is 30.5 Å². The monoisotopic (exact) mass is 532 g/mol. The predicted molar refractivity (Wildman–Crippen MR) is 153 cm³/mol. The summed E-state index contributed by atoms with van der Waals surface area (Å²) >= 11 is 0. The number of phenols is 1. The molecule has 0 spiro atoms. The molecule has 6 aliphatic rings. The number of aromatic hydroxyl groups is 1. The zero-order valence-corrected chi connectivity index (χ0v) is 22.8. The van der Waals surface area contributed by atoms with Crippen molar-refractivity contribution < 1.29 is 14.6 Å². The van der Waals surface area contributed by atoms with Gasteiger partial charge in [-0.2, -0.15) is 0 Å². The number of hydrogen-bond donors (Lipinski definition) is 1. The van der Waals surface area contributed by atoms with Crippen molar-refractivity contribution in [2.24, 2.45) is 11.8 Å². The summed E-state index contributed by atoms with van der Waals surface area (Å²) in [5.41, 5.74) is 5.17. The second-order valence-electron chi connectivity index (χ2n) is 13.3. The van der Waals surface area contributed by atoms with E-state index in [9.17, 15) is 9.90 Å². The zero-order valence-electron chi connectivity index (χ0n) is 22.8. The van der Waals surface area contributed by atoms with Gasteiger partial charge in [-0.15, -0.1) is 0 Å². The van der Waals surface area contributed by atoms with Gasteiger partial charge < -0.3 is 14.7 Å². The number of carbonyl (C=O) groups is 1. The SMILES string of the molecule is O=C(c1ccccc1-c1ccccc1)N1C[C@H]2O[C@@]34CC[C@@H]1[C@@H]2[C@@]31CCN(CC2CC2)[C@@H]4Cc2ccc(O)cc21. The highest BCUT2D eigenvalue weighted by Crippen LogP contribution is 2.70. The molecule has 5 fully saturated rings. The Kier molecular flexibility index (Phi) is 4.83. The molecule has 3 aromatic carbocycles. The number of likely N-dealkylation sites (tertiary alicyclic amines) is 2. The van der Waals surface area contributed by atoms with Crippen molar-refractivity contribution in [1.82, 2.24) is 9.80 Å². The molecule has 5 heteroatoms. The third kappa shape index (κ3) is 2.98. The van der Waals surface area contributed by atoms with Crippen LogP contribution in [0.15, 0.2) is 72.8 Å². The van der Waals surface area contributed by atoms with Gasteiger partial charge in [0.2, 0.25) is 0 Å². The van der Waals surface area contributed by atoms with Crippen LogP contribution in [0.4, 0.5) is 0 Å². The summed E-state index contributed by atoms with van der Waals surface area (Å²) in [6.45, 7) is 2.94. The summed E-state index contributed by atoms with van der Waals surface area (Å²) < 4.78 is 7.37. The van der Waals surface area contributed by atoms with E-state index >= 15 is 0 Å². The van der Waals surface area contributed by atoms with E-state index in [0.29, 0.717) is 18.3 Å². The van der Waals surface area contributed by atoms with Crippen molar-refractivity contribution in [2.45, 2.75) is 67.7 Å². The summed E-state index contributed by atoms with van der Waals surface area (Å²) in [4.78, 5) is 19.3. The largest absolute Gasteiger partial charge is 0.508 e. The molecular weight excluding hydrogens is 496 g/mol. The molecule has 204 valence electrons. The van der Waals surface area contributed by atoms with Crippen LogP contribution in [0.3, 0.4) is 0 Å². The normalized spacial score (nSPS) is 35.4. The molecule has 0 radical (unpaired) electrons. The molecule has 5 nitrogen and oxygen atoms in total. The maximum atomic E-state index is 14.4. The molecular formula is C35H36N2O3. The summed E-state index contributed by atoms with van der Waals surface area (Å²) in [5, 5.41) is 10.7. The Morgan fingerprint density at radius 1 is 0.975 bits per heavy atom. The minimum Gasteiger partial charge on any atom is -0.508 e. The Morgan fingerprint density at radius 3 is 2.65 bits per heavy atom. The molecule has 3 saturated heterocycles. The Balaban J connectivity index is 1.13. The molecule has 4 bridgehead atoms. The fraction of sp³-hybridized carbons (Fsp3) is 0.457. The molecule has 1 amide bonds. The lowest BCUT2D eigenvalue weighted by Gasteiger charge is -2.64. The van der Waals surface area contributed by atoms with Gasteiger partial charge in [0.05, 0.1) is 11.7 Å². The fourth-order valence-electron chi connectivity index (χ4n) is 9.95. The van der Waals surface area contributed by atoms with E-state index in [-0.39, 0.29) is 35.0 Å². The van der Waals surface area contributed by atoms with Gasteiger partial charge in [0.25, 0.3) is 5.91 Å². The standard InChI is InChI=1S/C35H36N2O3/c38-25-13-12-24-18-31-35-15-14-29-32(34(35,28(24)19-25)16-17-36(31)20-22-10-11-22)30(40-35)21-37(29)33(39)27-9-5-4-8-26(27)23-6-2-1-3-7-23/h1-9,12-13,19,22,29-32,38H,10-11,14-18,20-21H2/t29-,30-,31-,32+,34+,35-/m1/s1. The van der Waals surface area contributed by atoms with Gasteiger partial charge in [0.1, 0.15) is 5.75 Å². The van der Waals surface area contributed by atoms with Crippen LogP contribution in [0.1, 0.15) is 53.6 Å². The quantitative estimate of drug-likeness (QED) is 0.488. The lowest BCUT2D eigenvalue weighted by Crippen LogP contribution is -2.74. The van der Waals surface area contributed by atoms with Crippen LogP contribution in [0.25, 0.3) is 11.1 Å². The van der Waals surface area contributed by atoms with E-state index in [4.69, 9.17) is 4.74 Å². The fourth-order valence-corrected chi connectivity index (χ4v) is 9.95. The Bertz CT molecular complexity index is 1520. The Hall–Kier alpha value is -3.15. The average molecular weight is 533 g/mol. The molecule has 3 aromatic rings. The maximum absolute atomic E-state index is 14.4. The van der Waals surface area contributed by atoms with Crippen LogP contribution in [0.5, 0.6) is 5.75 Å². The van der Waals surface area contributed by atoms with Crippen molar-refractivity contribution in [1.29, 1.82) is 0 Å². The molecule has 0 unspecified atom stereocenters. The van der Waals surface area contributed by atoms with Crippen molar-refractivity contribution in [2.75, 3.05) is 19.6 Å². The van der Waals surface area contributed by atoms with Crippen LogP contribution in [-0.4, -0.2) is 64.2 Å². The van der Waals surface area contributed by atoms with Crippen molar-refractivity contribution >= 4 is 5.91 Å². The van der Waals surface area contributed by atoms with Gasteiger partial charge in [0, 0.05) is 42.1 Å². The molecule has 9 rings (SSSR count). The number of piperidine rings is 1. The number of nitrogens with zero attached hydrogens (tertiary/aromatic N) is 2. The van der Waals surface area contributed by atoms with Crippen molar-refractivity contribution in [3.05, 3.63) is 89.5 Å². The number of hydrogen-bond acceptors (Lipinski definition) is 4. The number of phenolic OH excluding ortho intramolecular Hbond substituents is 1. The number of rotatable bonds is 4. The smallest absolute Gasteiger partial charge is 0.254 e. The van der Waals surface area contributed by atoms with Crippen LogP contribution < -0.4 is 0 Å². The van der Waals surface area contributed by atoms with E-state index < -0.39 is 0 Å². The average Bonchev–Trinajstić information content (AvgIpc) is 3.68. The van der Waals surface area contributed by atoms with Gasteiger partial charge in [0.15, 0.2) is 0 Å². The van der Waals surface area contributed by atoms with Crippen LogP contribution in [-0.2, 0) is 16.6 Å². The van der Waals surface area contributed by atoms with E-state index in [1.807, 2.05) is 42.5 Å². The second kappa shape index (κ2) is 8.20. The highest BCUT2D eigenvalue weighted by atomic mass is 16.5. The van der Waals surface area contributed by atoms with Crippen molar-refractivity contribution in [3.8, 4) is 16.9 Å². The first-order chi connectivity index (χ1) is 19.6. The first-order valence-electron chi connectivity index (χ1n) is 15.3. The minimum atomic E-state index is -0.218. The topological polar surface area (TPSA) is 53.0 Å². The molecule has 0 aromatic heterocycles. The van der Waals surface area contributed by atoms with Crippen LogP contribution in [0.2, 0.25) is 0 Å². The summed E-state index contributed by atoms with van der Waals surface area (Å²) in [6.07, 6.45) is 6.79. The molecule has 3 aliphatic heterocycles. The number of benzene rings is 3. The third-order valence-corrected chi connectivity index (χ3v) is 11.5.